The molecule has 0 aliphatic heterocycles. The third kappa shape index (κ3) is 2.39. The average Bonchev–Trinajstić information content (AvgIpc) is 3.16. The summed E-state index contributed by atoms with van der Waals surface area (Å²) in [6.45, 7) is 0. The van der Waals surface area contributed by atoms with E-state index >= 15 is 0 Å². The van der Waals surface area contributed by atoms with Crippen LogP contribution in [0.25, 0.3) is 10.6 Å². The van der Waals surface area contributed by atoms with Crippen LogP contribution in [0.3, 0.4) is 0 Å². The molecule has 1 aromatic carbocycles. The zero-order chi connectivity index (χ0) is 14.3. The summed E-state index contributed by atoms with van der Waals surface area (Å²) in [5.41, 5.74) is 1.79. The van der Waals surface area contributed by atoms with Crippen molar-refractivity contribution in [1.82, 2.24) is 9.29 Å². The predicted octanol–water partition coefficient (Wildman–Crippen LogP) is 2.94. The van der Waals surface area contributed by atoms with Gasteiger partial charge in [0.2, 0.25) is 10.0 Å². The number of thiazole rings is 1. The van der Waals surface area contributed by atoms with E-state index in [0.29, 0.717) is 16.4 Å². The van der Waals surface area contributed by atoms with Gasteiger partial charge in [-0.3, -0.25) is 0 Å². The van der Waals surface area contributed by atoms with Gasteiger partial charge in [-0.2, -0.15) is 0 Å². The summed E-state index contributed by atoms with van der Waals surface area (Å²) in [6.07, 6.45) is 2.39. The first-order chi connectivity index (χ1) is 9.50. The molecular weight excluding hydrogens is 292 g/mol. The van der Waals surface area contributed by atoms with E-state index in [1.807, 2.05) is 17.5 Å². The smallest absolute Gasteiger partial charge is 0.241 e. The lowest BCUT2D eigenvalue weighted by atomic mass is 10.2. The zero-order valence-electron chi connectivity index (χ0n) is 11.4. The second-order valence-corrected chi connectivity index (χ2v) is 8.11. The SMILES string of the molecule is CN(C)S(=O)(=O)c1ccccc1-c1nc(C2CC2)cs1. The van der Waals surface area contributed by atoms with Crippen molar-refractivity contribution in [3.8, 4) is 10.6 Å². The molecule has 0 amide bonds. The third-order valence-electron chi connectivity index (χ3n) is 3.39. The van der Waals surface area contributed by atoms with Crippen LogP contribution in [-0.2, 0) is 10.0 Å². The van der Waals surface area contributed by atoms with Crippen molar-refractivity contribution in [3.63, 3.8) is 0 Å². The Kier molecular flexibility index (Phi) is 3.40. The highest BCUT2D eigenvalue weighted by molar-refractivity contribution is 7.89. The fourth-order valence-corrected chi connectivity index (χ4v) is 4.13. The van der Waals surface area contributed by atoms with Gasteiger partial charge in [0.05, 0.1) is 10.6 Å². The van der Waals surface area contributed by atoms with E-state index in [2.05, 4.69) is 4.98 Å². The maximum absolute atomic E-state index is 12.4. The fourth-order valence-electron chi connectivity index (χ4n) is 2.04. The highest BCUT2D eigenvalue weighted by Gasteiger charge is 2.28. The fraction of sp³-hybridized carbons (Fsp3) is 0.357. The molecular formula is C14H16N2O2S2. The summed E-state index contributed by atoms with van der Waals surface area (Å²) in [7, 11) is -0.361. The highest BCUT2D eigenvalue weighted by atomic mass is 32.2. The van der Waals surface area contributed by atoms with E-state index in [1.165, 1.54) is 28.5 Å². The van der Waals surface area contributed by atoms with E-state index in [9.17, 15) is 8.42 Å². The summed E-state index contributed by atoms with van der Waals surface area (Å²) in [6, 6.07) is 7.06. The lowest BCUT2D eigenvalue weighted by Gasteiger charge is -2.13. The number of benzene rings is 1. The van der Waals surface area contributed by atoms with E-state index < -0.39 is 10.0 Å². The summed E-state index contributed by atoms with van der Waals surface area (Å²) < 4.78 is 26.0. The average molecular weight is 308 g/mol. The number of sulfonamides is 1. The van der Waals surface area contributed by atoms with Gasteiger partial charge in [-0.15, -0.1) is 11.3 Å². The Bertz CT molecular complexity index is 731. The Hall–Kier alpha value is -1.24. The molecule has 0 atom stereocenters. The lowest BCUT2D eigenvalue weighted by molar-refractivity contribution is 0.521. The first kappa shape index (κ1) is 13.7. The minimum absolute atomic E-state index is 0.321. The molecule has 2 aromatic rings. The molecule has 1 fully saturated rings. The Morgan fingerprint density at radius 2 is 1.95 bits per heavy atom. The Labute approximate surface area is 123 Å². The van der Waals surface area contributed by atoms with Crippen LogP contribution in [0.4, 0.5) is 0 Å². The van der Waals surface area contributed by atoms with E-state index in [0.717, 1.165) is 10.7 Å². The van der Waals surface area contributed by atoms with Gasteiger partial charge >= 0.3 is 0 Å². The Morgan fingerprint density at radius 1 is 1.25 bits per heavy atom. The van der Waals surface area contributed by atoms with Gasteiger partial charge in [-0.1, -0.05) is 18.2 Å². The van der Waals surface area contributed by atoms with Crippen molar-refractivity contribution < 1.29 is 8.42 Å². The minimum Gasteiger partial charge on any atom is -0.241 e. The van der Waals surface area contributed by atoms with E-state index in [1.54, 1.807) is 26.2 Å². The minimum atomic E-state index is -3.45. The molecule has 1 aliphatic carbocycles. The molecule has 0 radical (unpaired) electrons. The topological polar surface area (TPSA) is 50.3 Å². The van der Waals surface area contributed by atoms with Crippen LogP contribution in [0.1, 0.15) is 24.5 Å². The summed E-state index contributed by atoms with van der Waals surface area (Å²) in [5, 5.41) is 2.83. The molecule has 4 nitrogen and oxygen atoms in total. The number of nitrogens with zero attached hydrogens (tertiary/aromatic N) is 2. The quantitative estimate of drug-likeness (QED) is 0.872. The first-order valence-electron chi connectivity index (χ1n) is 6.47. The number of hydrogen-bond acceptors (Lipinski definition) is 4. The maximum atomic E-state index is 12.4. The normalized spacial score (nSPS) is 15.8. The molecule has 0 bridgehead atoms. The van der Waals surface area contributed by atoms with Crippen LogP contribution >= 0.6 is 11.3 Å². The van der Waals surface area contributed by atoms with Crippen molar-refractivity contribution in [3.05, 3.63) is 35.3 Å². The zero-order valence-corrected chi connectivity index (χ0v) is 13.0. The van der Waals surface area contributed by atoms with Crippen LogP contribution in [0, 0.1) is 0 Å². The second kappa shape index (κ2) is 4.95. The van der Waals surface area contributed by atoms with Crippen LogP contribution in [0.15, 0.2) is 34.5 Å². The van der Waals surface area contributed by atoms with Gasteiger partial charge in [0.1, 0.15) is 5.01 Å². The standard InChI is InChI=1S/C14H16N2O2S2/c1-16(2)20(17,18)13-6-4-3-5-11(13)14-15-12(9-19-14)10-7-8-10/h3-6,9-10H,7-8H2,1-2H3. The van der Waals surface area contributed by atoms with Crippen LogP contribution in [-0.4, -0.2) is 31.8 Å². The van der Waals surface area contributed by atoms with Gasteiger partial charge < -0.3 is 0 Å². The number of hydrogen-bond donors (Lipinski definition) is 0. The van der Waals surface area contributed by atoms with Gasteiger partial charge in [-0.25, -0.2) is 17.7 Å². The molecule has 0 spiro atoms. The molecule has 1 heterocycles. The molecule has 106 valence electrons. The molecule has 3 rings (SSSR count). The molecule has 1 saturated carbocycles. The Morgan fingerprint density at radius 3 is 2.60 bits per heavy atom. The third-order valence-corrected chi connectivity index (χ3v) is 6.16. The Balaban J connectivity index is 2.09. The maximum Gasteiger partial charge on any atom is 0.243 e. The molecule has 20 heavy (non-hydrogen) atoms. The monoisotopic (exact) mass is 308 g/mol. The lowest BCUT2D eigenvalue weighted by Crippen LogP contribution is -2.22. The summed E-state index contributed by atoms with van der Waals surface area (Å²) in [5.74, 6) is 0.581. The molecule has 1 aromatic heterocycles. The number of rotatable bonds is 4. The van der Waals surface area contributed by atoms with E-state index in [-0.39, 0.29) is 0 Å². The van der Waals surface area contributed by atoms with E-state index in [4.69, 9.17) is 0 Å². The van der Waals surface area contributed by atoms with Crippen molar-refractivity contribution in [2.24, 2.45) is 0 Å². The van der Waals surface area contributed by atoms with Crippen molar-refractivity contribution in [1.29, 1.82) is 0 Å². The van der Waals surface area contributed by atoms with Crippen LogP contribution in [0.5, 0.6) is 0 Å². The largest absolute Gasteiger partial charge is 0.243 e. The predicted molar refractivity (Wildman–Crippen MR) is 80.4 cm³/mol. The van der Waals surface area contributed by atoms with Gasteiger partial charge in [0.15, 0.2) is 0 Å². The molecule has 0 N–H and O–H groups in total. The molecule has 0 unspecified atom stereocenters. The summed E-state index contributed by atoms with van der Waals surface area (Å²) >= 11 is 1.52. The van der Waals surface area contributed by atoms with Crippen LogP contribution in [0.2, 0.25) is 0 Å². The highest BCUT2D eigenvalue weighted by Crippen LogP contribution is 2.42. The number of aromatic nitrogens is 1. The van der Waals surface area contributed by atoms with Crippen molar-refractivity contribution in [2.45, 2.75) is 23.7 Å². The first-order valence-corrected chi connectivity index (χ1v) is 8.79. The molecule has 0 saturated heterocycles. The van der Waals surface area contributed by atoms with Crippen molar-refractivity contribution >= 4 is 21.4 Å². The molecule has 6 heteroatoms. The van der Waals surface area contributed by atoms with Gasteiger partial charge in [0, 0.05) is 31.0 Å². The summed E-state index contributed by atoms with van der Waals surface area (Å²) in [4.78, 5) is 4.93. The van der Waals surface area contributed by atoms with Crippen LogP contribution < -0.4 is 0 Å². The second-order valence-electron chi connectivity index (χ2n) is 5.14. The van der Waals surface area contributed by atoms with Crippen molar-refractivity contribution in [2.75, 3.05) is 14.1 Å². The van der Waals surface area contributed by atoms with Gasteiger partial charge in [-0.05, 0) is 18.9 Å². The van der Waals surface area contributed by atoms with Gasteiger partial charge in [0.25, 0.3) is 0 Å². The molecule has 1 aliphatic rings.